The highest BCUT2D eigenvalue weighted by molar-refractivity contribution is 4.79. The second-order valence-corrected chi connectivity index (χ2v) is 8.21. The summed E-state index contributed by atoms with van der Waals surface area (Å²) in [5.74, 6) is 0. The molecule has 2 heterocycles. The molecule has 0 aliphatic carbocycles. The van der Waals surface area contributed by atoms with Gasteiger partial charge < -0.3 is 14.5 Å². The molecule has 2 fully saturated rings. The van der Waals surface area contributed by atoms with Crippen molar-refractivity contribution in [3.05, 3.63) is 0 Å². The minimum atomic E-state index is 0.416. The van der Waals surface area contributed by atoms with Gasteiger partial charge in [-0.2, -0.15) is 0 Å². The molecule has 21 heavy (non-hydrogen) atoms. The molecule has 2 saturated heterocycles. The Labute approximate surface area is 132 Å². The number of hydrogen-bond donors (Lipinski definition) is 0. The third-order valence-electron chi connectivity index (χ3n) is 4.69. The topological polar surface area (TPSA) is 15.7 Å². The van der Waals surface area contributed by atoms with Crippen molar-refractivity contribution in [2.75, 3.05) is 39.3 Å². The van der Waals surface area contributed by atoms with Gasteiger partial charge in [-0.05, 0) is 44.1 Å². The second kappa shape index (κ2) is 7.94. The van der Waals surface area contributed by atoms with Crippen molar-refractivity contribution in [3.63, 3.8) is 0 Å². The molecule has 0 aromatic rings. The van der Waals surface area contributed by atoms with Crippen molar-refractivity contribution in [3.8, 4) is 0 Å². The van der Waals surface area contributed by atoms with Crippen LogP contribution < -0.4 is 0 Å². The first-order chi connectivity index (χ1) is 9.96. The molecule has 3 nitrogen and oxygen atoms in total. The standard InChI is InChI=1S/C18H36N2O/c1-5-10-19-11-6-16(7-12-19)21-17-8-13-20(14-9-17)15-18(2,3)4/h16-17H,5-15H2,1-4H3. The first-order valence-corrected chi connectivity index (χ1v) is 9.06. The third-order valence-corrected chi connectivity index (χ3v) is 4.69. The zero-order chi connectivity index (χ0) is 15.3. The van der Waals surface area contributed by atoms with E-state index < -0.39 is 0 Å². The average Bonchev–Trinajstić information content (AvgIpc) is 2.42. The minimum Gasteiger partial charge on any atom is -0.375 e. The minimum absolute atomic E-state index is 0.416. The fourth-order valence-electron chi connectivity index (χ4n) is 3.73. The molecule has 0 bridgehead atoms. The molecule has 3 heteroatoms. The SMILES string of the molecule is CCCN1CCC(OC2CCN(CC(C)(C)C)CC2)CC1. The molecule has 0 aromatic heterocycles. The van der Waals surface area contributed by atoms with E-state index in [1.807, 2.05) is 0 Å². The van der Waals surface area contributed by atoms with E-state index in [1.54, 1.807) is 0 Å². The molecule has 0 aromatic carbocycles. The summed E-state index contributed by atoms with van der Waals surface area (Å²) in [6.45, 7) is 16.7. The van der Waals surface area contributed by atoms with E-state index in [9.17, 15) is 0 Å². The van der Waals surface area contributed by atoms with Crippen molar-refractivity contribution >= 4 is 0 Å². The van der Waals surface area contributed by atoms with Gasteiger partial charge in [0, 0.05) is 32.7 Å². The van der Waals surface area contributed by atoms with E-state index in [-0.39, 0.29) is 0 Å². The van der Waals surface area contributed by atoms with Crippen LogP contribution in [0.15, 0.2) is 0 Å². The predicted octanol–water partition coefficient (Wildman–Crippen LogP) is 3.39. The van der Waals surface area contributed by atoms with Crippen LogP contribution in [0.2, 0.25) is 0 Å². The van der Waals surface area contributed by atoms with Crippen LogP contribution in [0.4, 0.5) is 0 Å². The highest BCUT2D eigenvalue weighted by atomic mass is 16.5. The normalized spacial score (nSPS) is 24.6. The van der Waals surface area contributed by atoms with Crippen LogP contribution in [0, 0.1) is 5.41 Å². The highest BCUT2D eigenvalue weighted by Crippen LogP contribution is 2.23. The molecular formula is C18H36N2O. The maximum absolute atomic E-state index is 6.38. The molecule has 0 unspecified atom stereocenters. The molecule has 2 rings (SSSR count). The molecule has 0 spiro atoms. The number of hydrogen-bond acceptors (Lipinski definition) is 3. The number of likely N-dealkylation sites (tertiary alicyclic amines) is 2. The van der Waals surface area contributed by atoms with Crippen LogP contribution in [0.3, 0.4) is 0 Å². The summed E-state index contributed by atoms with van der Waals surface area (Å²) in [7, 11) is 0. The summed E-state index contributed by atoms with van der Waals surface area (Å²) in [5, 5.41) is 0. The zero-order valence-corrected chi connectivity index (χ0v) is 14.7. The van der Waals surface area contributed by atoms with Crippen molar-refractivity contribution in [1.29, 1.82) is 0 Å². The van der Waals surface area contributed by atoms with Crippen LogP contribution in [0.25, 0.3) is 0 Å². The maximum atomic E-state index is 6.38. The smallest absolute Gasteiger partial charge is 0.0603 e. The molecule has 124 valence electrons. The van der Waals surface area contributed by atoms with Crippen LogP contribution in [0.1, 0.15) is 59.8 Å². The van der Waals surface area contributed by atoms with Crippen LogP contribution in [-0.2, 0) is 4.74 Å². The molecule has 0 amide bonds. The maximum Gasteiger partial charge on any atom is 0.0603 e. The average molecular weight is 296 g/mol. The van der Waals surface area contributed by atoms with Gasteiger partial charge >= 0.3 is 0 Å². The van der Waals surface area contributed by atoms with Gasteiger partial charge in [0.1, 0.15) is 0 Å². The number of piperidine rings is 2. The summed E-state index contributed by atoms with van der Waals surface area (Å²) in [6, 6.07) is 0. The van der Waals surface area contributed by atoms with Gasteiger partial charge in [0.15, 0.2) is 0 Å². The lowest BCUT2D eigenvalue weighted by molar-refractivity contribution is -0.0669. The molecule has 2 aliphatic heterocycles. The highest BCUT2D eigenvalue weighted by Gasteiger charge is 2.27. The van der Waals surface area contributed by atoms with Gasteiger partial charge in [0.05, 0.1) is 12.2 Å². The second-order valence-electron chi connectivity index (χ2n) is 8.21. The summed E-state index contributed by atoms with van der Waals surface area (Å²) < 4.78 is 6.38. The molecule has 0 radical (unpaired) electrons. The van der Waals surface area contributed by atoms with E-state index in [0.29, 0.717) is 17.6 Å². The summed E-state index contributed by atoms with van der Waals surface area (Å²) in [6.07, 6.45) is 7.25. The molecule has 0 N–H and O–H groups in total. The Bertz CT molecular complexity index is 284. The van der Waals surface area contributed by atoms with Gasteiger partial charge in [-0.1, -0.05) is 27.7 Å². The van der Waals surface area contributed by atoms with Crippen LogP contribution in [-0.4, -0.2) is 61.3 Å². The van der Waals surface area contributed by atoms with Gasteiger partial charge in [0.25, 0.3) is 0 Å². The van der Waals surface area contributed by atoms with Gasteiger partial charge in [0.2, 0.25) is 0 Å². The Hall–Kier alpha value is -0.120. The molecule has 0 saturated carbocycles. The number of ether oxygens (including phenoxy) is 1. The first-order valence-electron chi connectivity index (χ1n) is 9.06. The first kappa shape index (κ1) is 17.2. The van der Waals surface area contributed by atoms with E-state index in [1.165, 1.54) is 71.4 Å². The fourth-order valence-corrected chi connectivity index (χ4v) is 3.73. The molecule has 0 atom stereocenters. The van der Waals surface area contributed by atoms with E-state index in [2.05, 4.69) is 37.5 Å². The van der Waals surface area contributed by atoms with E-state index in [0.717, 1.165) is 0 Å². The predicted molar refractivity (Wildman–Crippen MR) is 89.8 cm³/mol. The summed E-state index contributed by atoms with van der Waals surface area (Å²) in [4.78, 5) is 5.20. The molecular weight excluding hydrogens is 260 g/mol. The van der Waals surface area contributed by atoms with Gasteiger partial charge in [-0.25, -0.2) is 0 Å². The van der Waals surface area contributed by atoms with Crippen molar-refractivity contribution in [1.82, 2.24) is 9.80 Å². The number of rotatable bonds is 5. The Balaban J connectivity index is 1.63. The Morgan fingerprint density at radius 3 is 1.76 bits per heavy atom. The van der Waals surface area contributed by atoms with Crippen molar-refractivity contribution in [2.45, 2.75) is 72.0 Å². The number of nitrogens with zero attached hydrogens (tertiary/aromatic N) is 2. The lowest BCUT2D eigenvalue weighted by atomic mass is 9.94. The monoisotopic (exact) mass is 296 g/mol. The van der Waals surface area contributed by atoms with Crippen LogP contribution in [0.5, 0.6) is 0 Å². The van der Waals surface area contributed by atoms with Gasteiger partial charge in [-0.3, -0.25) is 0 Å². The van der Waals surface area contributed by atoms with Crippen molar-refractivity contribution < 1.29 is 4.74 Å². The van der Waals surface area contributed by atoms with Gasteiger partial charge in [-0.15, -0.1) is 0 Å². The third kappa shape index (κ3) is 6.25. The lowest BCUT2D eigenvalue weighted by Crippen LogP contribution is -2.44. The lowest BCUT2D eigenvalue weighted by Gasteiger charge is -2.38. The fraction of sp³-hybridized carbons (Fsp3) is 1.00. The van der Waals surface area contributed by atoms with E-state index >= 15 is 0 Å². The van der Waals surface area contributed by atoms with Crippen molar-refractivity contribution in [2.24, 2.45) is 5.41 Å². The summed E-state index contributed by atoms with van der Waals surface area (Å²) >= 11 is 0. The van der Waals surface area contributed by atoms with Crippen LogP contribution >= 0.6 is 0 Å². The van der Waals surface area contributed by atoms with E-state index in [4.69, 9.17) is 4.74 Å². The quantitative estimate of drug-likeness (QED) is 0.773. The largest absolute Gasteiger partial charge is 0.375 e. The Morgan fingerprint density at radius 1 is 0.857 bits per heavy atom. The Kier molecular flexibility index (Phi) is 6.51. The Morgan fingerprint density at radius 2 is 1.33 bits per heavy atom. The summed E-state index contributed by atoms with van der Waals surface area (Å²) in [5.41, 5.74) is 0.416. The zero-order valence-electron chi connectivity index (χ0n) is 14.7. The molecule has 2 aliphatic rings.